The van der Waals surface area contributed by atoms with E-state index in [9.17, 15) is 34.8 Å². The van der Waals surface area contributed by atoms with E-state index in [1.807, 2.05) is 0 Å². The first kappa shape index (κ1) is 24.5. The van der Waals surface area contributed by atoms with Gasteiger partial charge in [0, 0.05) is 13.2 Å². The third kappa shape index (κ3) is 4.65. The van der Waals surface area contributed by atoms with Crippen molar-refractivity contribution in [2.24, 2.45) is 7.05 Å². The van der Waals surface area contributed by atoms with Crippen molar-refractivity contribution in [1.82, 2.24) is 19.5 Å². The number of halogens is 6. The van der Waals surface area contributed by atoms with Crippen LogP contribution >= 0.6 is 0 Å². The van der Waals surface area contributed by atoms with Gasteiger partial charge in [-0.1, -0.05) is 19.6 Å². The Kier molecular flexibility index (Phi) is 6.17. The van der Waals surface area contributed by atoms with E-state index in [0.717, 1.165) is 4.57 Å². The first-order valence-corrected chi connectivity index (χ1v) is 10.8. The van der Waals surface area contributed by atoms with E-state index in [-0.39, 0.29) is 23.5 Å². The molecular weight excluding hydrogens is 478 g/mol. The number of hydrogen-bond acceptors (Lipinski definition) is 6. The maximum atomic E-state index is 13.3. The average Bonchev–Trinajstić information content (AvgIpc) is 3.06. The molecule has 0 saturated carbocycles. The van der Waals surface area contributed by atoms with E-state index in [0.29, 0.717) is 18.3 Å². The standard InChI is InChI=1S/C19H16F6N4O3S/c1-4-6-32-17-15-11(8-13(28-17)19(23,24)25)27-16(29(15)3)14-12(33(30,31)5-2)7-10(9-26-14)18(20,21)22/h4,7-9H,1,5-6H2,2-3H3. The number of imidazole rings is 1. The molecule has 0 aliphatic heterocycles. The van der Waals surface area contributed by atoms with Crippen LogP contribution in [0.4, 0.5) is 26.3 Å². The third-order valence-electron chi connectivity index (χ3n) is 4.56. The van der Waals surface area contributed by atoms with Crippen LogP contribution in [-0.2, 0) is 29.2 Å². The lowest BCUT2D eigenvalue weighted by atomic mass is 10.2. The molecular formula is C19H16F6N4O3S. The van der Waals surface area contributed by atoms with Gasteiger partial charge in [-0.15, -0.1) is 0 Å². The van der Waals surface area contributed by atoms with Gasteiger partial charge in [0.2, 0.25) is 5.88 Å². The number of aryl methyl sites for hydroxylation is 1. The van der Waals surface area contributed by atoms with E-state index < -0.39 is 55.7 Å². The van der Waals surface area contributed by atoms with Crippen LogP contribution in [-0.4, -0.2) is 40.3 Å². The summed E-state index contributed by atoms with van der Waals surface area (Å²) in [7, 11) is -2.90. The minimum Gasteiger partial charge on any atom is -0.472 e. The molecule has 0 amide bonds. The van der Waals surface area contributed by atoms with Gasteiger partial charge in [0.1, 0.15) is 17.8 Å². The highest BCUT2D eigenvalue weighted by molar-refractivity contribution is 7.91. The molecule has 3 aromatic heterocycles. The molecule has 3 aromatic rings. The van der Waals surface area contributed by atoms with Crippen molar-refractivity contribution in [2.75, 3.05) is 12.4 Å². The minimum atomic E-state index is -4.87. The molecule has 33 heavy (non-hydrogen) atoms. The molecule has 0 bridgehead atoms. The monoisotopic (exact) mass is 494 g/mol. The number of rotatable bonds is 6. The summed E-state index contributed by atoms with van der Waals surface area (Å²) < 4.78 is 111. The summed E-state index contributed by atoms with van der Waals surface area (Å²) in [5.41, 5.74) is -3.38. The van der Waals surface area contributed by atoms with Gasteiger partial charge in [0.05, 0.1) is 21.7 Å². The van der Waals surface area contributed by atoms with Gasteiger partial charge in [-0.2, -0.15) is 26.3 Å². The van der Waals surface area contributed by atoms with Crippen LogP contribution in [0.5, 0.6) is 5.88 Å². The Bertz CT molecular complexity index is 1330. The second-order valence-electron chi connectivity index (χ2n) is 6.74. The number of pyridine rings is 2. The second kappa shape index (κ2) is 8.32. The van der Waals surface area contributed by atoms with E-state index >= 15 is 0 Å². The fourth-order valence-electron chi connectivity index (χ4n) is 2.95. The first-order chi connectivity index (χ1) is 15.2. The van der Waals surface area contributed by atoms with Gasteiger partial charge in [-0.25, -0.2) is 18.4 Å². The van der Waals surface area contributed by atoms with Crippen LogP contribution in [0.3, 0.4) is 0 Å². The molecule has 0 aliphatic carbocycles. The summed E-state index contributed by atoms with van der Waals surface area (Å²) in [6, 6.07) is 1.05. The molecule has 14 heteroatoms. The van der Waals surface area contributed by atoms with Crippen molar-refractivity contribution < 1.29 is 39.5 Å². The van der Waals surface area contributed by atoms with Crippen LogP contribution in [0.15, 0.2) is 35.9 Å². The molecule has 3 rings (SSSR count). The zero-order valence-corrected chi connectivity index (χ0v) is 17.9. The summed E-state index contributed by atoms with van der Waals surface area (Å²) in [5.74, 6) is -1.29. The molecule has 0 spiro atoms. The number of hydrogen-bond donors (Lipinski definition) is 0. The molecule has 0 fully saturated rings. The Balaban J connectivity index is 2.37. The van der Waals surface area contributed by atoms with E-state index in [1.54, 1.807) is 0 Å². The minimum absolute atomic E-state index is 0.0404. The van der Waals surface area contributed by atoms with E-state index in [4.69, 9.17) is 4.74 Å². The predicted octanol–water partition coefficient (Wildman–Crippen LogP) is 4.43. The molecule has 3 heterocycles. The molecule has 0 atom stereocenters. The molecule has 178 valence electrons. The zero-order valence-electron chi connectivity index (χ0n) is 17.1. The van der Waals surface area contributed by atoms with Gasteiger partial charge < -0.3 is 9.30 Å². The SMILES string of the molecule is C=CCOc1nc(C(F)(F)F)cc2nc(-c3ncc(C(F)(F)F)cc3S(=O)(=O)CC)n(C)c12. The average molecular weight is 494 g/mol. The molecule has 0 unspecified atom stereocenters. The maximum absolute atomic E-state index is 13.3. The number of sulfone groups is 1. The van der Waals surface area contributed by atoms with Crippen LogP contribution in [0.25, 0.3) is 22.6 Å². The third-order valence-corrected chi connectivity index (χ3v) is 6.30. The largest absolute Gasteiger partial charge is 0.472 e. The molecule has 0 radical (unpaired) electrons. The Morgan fingerprint density at radius 1 is 1.12 bits per heavy atom. The lowest BCUT2D eigenvalue weighted by Gasteiger charge is -2.13. The van der Waals surface area contributed by atoms with Crippen molar-refractivity contribution in [3.63, 3.8) is 0 Å². The first-order valence-electron chi connectivity index (χ1n) is 9.19. The van der Waals surface area contributed by atoms with Gasteiger partial charge >= 0.3 is 12.4 Å². The number of alkyl halides is 6. The zero-order chi connectivity index (χ0) is 24.8. The van der Waals surface area contributed by atoms with Crippen molar-refractivity contribution in [2.45, 2.75) is 24.2 Å². The maximum Gasteiger partial charge on any atom is 0.433 e. The van der Waals surface area contributed by atoms with E-state index in [1.165, 1.54) is 20.0 Å². The van der Waals surface area contributed by atoms with Crippen molar-refractivity contribution >= 4 is 20.9 Å². The highest BCUT2D eigenvalue weighted by Gasteiger charge is 2.36. The number of ether oxygens (including phenoxy) is 1. The second-order valence-corrected chi connectivity index (χ2v) is 8.99. The quantitative estimate of drug-likeness (QED) is 0.372. The molecule has 0 saturated heterocycles. The van der Waals surface area contributed by atoms with E-state index in [2.05, 4.69) is 21.5 Å². The summed E-state index contributed by atoms with van der Waals surface area (Å²) in [6.45, 7) is 4.45. The predicted molar refractivity (Wildman–Crippen MR) is 105 cm³/mol. The van der Waals surface area contributed by atoms with Crippen LogP contribution < -0.4 is 4.74 Å². The lowest BCUT2D eigenvalue weighted by Crippen LogP contribution is -2.13. The highest BCUT2D eigenvalue weighted by atomic mass is 32.2. The Labute approximate surface area is 183 Å². The van der Waals surface area contributed by atoms with Gasteiger partial charge in [0.15, 0.2) is 21.4 Å². The number of nitrogens with zero attached hydrogens (tertiary/aromatic N) is 4. The fraction of sp³-hybridized carbons (Fsp3) is 0.316. The summed E-state index contributed by atoms with van der Waals surface area (Å²) in [6.07, 6.45) is -8.01. The van der Waals surface area contributed by atoms with Crippen LogP contribution in [0.1, 0.15) is 18.2 Å². The van der Waals surface area contributed by atoms with Crippen LogP contribution in [0.2, 0.25) is 0 Å². The smallest absolute Gasteiger partial charge is 0.433 e. The molecule has 0 N–H and O–H groups in total. The van der Waals surface area contributed by atoms with Crippen molar-refractivity contribution in [1.29, 1.82) is 0 Å². The Morgan fingerprint density at radius 3 is 2.33 bits per heavy atom. The number of aromatic nitrogens is 4. The normalized spacial score (nSPS) is 12.8. The Morgan fingerprint density at radius 2 is 1.79 bits per heavy atom. The molecule has 0 aliphatic rings. The summed E-state index contributed by atoms with van der Waals surface area (Å²) in [5, 5.41) is 0. The van der Waals surface area contributed by atoms with Crippen molar-refractivity contribution in [3.8, 4) is 17.4 Å². The topological polar surface area (TPSA) is 87.0 Å². The van der Waals surface area contributed by atoms with Gasteiger partial charge in [-0.3, -0.25) is 4.98 Å². The fourth-order valence-corrected chi connectivity index (χ4v) is 4.01. The lowest BCUT2D eigenvalue weighted by molar-refractivity contribution is -0.141. The number of fused-ring (bicyclic) bond motifs is 1. The summed E-state index contributed by atoms with van der Waals surface area (Å²) >= 11 is 0. The van der Waals surface area contributed by atoms with Gasteiger partial charge in [0.25, 0.3) is 0 Å². The summed E-state index contributed by atoms with van der Waals surface area (Å²) in [4.78, 5) is 10.4. The highest BCUT2D eigenvalue weighted by Crippen LogP contribution is 2.38. The molecule has 7 nitrogen and oxygen atoms in total. The van der Waals surface area contributed by atoms with Gasteiger partial charge in [-0.05, 0) is 12.1 Å². The Hall–Kier alpha value is -3.16. The van der Waals surface area contributed by atoms with Crippen molar-refractivity contribution in [3.05, 3.63) is 42.2 Å². The van der Waals surface area contributed by atoms with Crippen LogP contribution in [0, 0.1) is 0 Å². The molecule has 0 aromatic carbocycles.